The Labute approximate surface area is 130 Å². The van der Waals surface area contributed by atoms with Crippen molar-refractivity contribution in [2.24, 2.45) is 0 Å². The number of nitro groups is 1. The van der Waals surface area contributed by atoms with E-state index in [1.165, 1.54) is 12.4 Å². The minimum Gasteiger partial charge on any atom is -0.364 e. The van der Waals surface area contributed by atoms with Crippen molar-refractivity contribution < 1.29 is 4.92 Å². The van der Waals surface area contributed by atoms with E-state index < -0.39 is 4.92 Å². The molecule has 0 radical (unpaired) electrons. The Bertz CT molecular complexity index is 681. The molecule has 0 saturated heterocycles. The molecule has 0 aliphatic rings. The second-order valence-corrected chi connectivity index (χ2v) is 4.80. The maximum absolute atomic E-state index is 11.2. The van der Waals surface area contributed by atoms with Crippen molar-refractivity contribution in [2.75, 3.05) is 17.2 Å². The van der Waals surface area contributed by atoms with Crippen LogP contribution in [0.25, 0.3) is 0 Å². The normalized spacial score (nSPS) is 10.2. The Kier molecular flexibility index (Phi) is 4.77. The van der Waals surface area contributed by atoms with Gasteiger partial charge in [0, 0.05) is 11.6 Å². The molecule has 0 aliphatic heterocycles. The topological polar surface area (TPSA) is 93.0 Å². The molecule has 0 spiro atoms. The zero-order valence-electron chi connectivity index (χ0n) is 10.9. The van der Waals surface area contributed by atoms with Crippen molar-refractivity contribution >= 4 is 46.2 Å². The molecule has 110 valence electrons. The second-order valence-electron chi connectivity index (χ2n) is 3.96. The Hall–Kier alpha value is -2.12. The summed E-state index contributed by atoms with van der Waals surface area (Å²) in [7, 11) is 0. The van der Waals surface area contributed by atoms with Crippen molar-refractivity contribution in [3.05, 3.63) is 44.7 Å². The highest BCUT2D eigenvalue weighted by Gasteiger charge is 2.23. The van der Waals surface area contributed by atoms with Gasteiger partial charge in [-0.05, 0) is 25.1 Å². The fourth-order valence-electron chi connectivity index (χ4n) is 1.66. The van der Waals surface area contributed by atoms with Gasteiger partial charge in [-0.3, -0.25) is 10.1 Å². The summed E-state index contributed by atoms with van der Waals surface area (Å²) in [6.07, 6.45) is 1.23. The van der Waals surface area contributed by atoms with Crippen molar-refractivity contribution in [1.29, 1.82) is 0 Å². The fraction of sp³-hybridized carbons (Fsp3) is 0.167. The number of halogens is 2. The minimum absolute atomic E-state index is 0.0511. The Morgan fingerprint density at radius 2 is 2.00 bits per heavy atom. The van der Waals surface area contributed by atoms with Crippen LogP contribution in [0.2, 0.25) is 10.0 Å². The molecule has 0 fully saturated rings. The molecule has 0 saturated carbocycles. The minimum atomic E-state index is -0.551. The van der Waals surface area contributed by atoms with Crippen molar-refractivity contribution in [1.82, 2.24) is 9.97 Å². The zero-order chi connectivity index (χ0) is 15.4. The molecule has 1 aromatic heterocycles. The van der Waals surface area contributed by atoms with Crippen LogP contribution in [0.1, 0.15) is 6.92 Å². The first kappa shape index (κ1) is 15.3. The van der Waals surface area contributed by atoms with Gasteiger partial charge in [-0.25, -0.2) is 9.97 Å². The SMILES string of the molecule is CCNc1ncnc(Nc2ccc(Cl)cc2Cl)c1[N+](=O)[O-]. The van der Waals surface area contributed by atoms with Gasteiger partial charge in [-0.15, -0.1) is 0 Å². The average Bonchev–Trinajstić information content (AvgIpc) is 2.42. The Balaban J connectivity index is 2.43. The first-order valence-electron chi connectivity index (χ1n) is 5.98. The van der Waals surface area contributed by atoms with E-state index in [0.717, 1.165) is 0 Å². The highest BCUT2D eigenvalue weighted by atomic mass is 35.5. The largest absolute Gasteiger partial charge is 0.364 e. The van der Waals surface area contributed by atoms with E-state index in [0.29, 0.717) is 22.3 Å². The lowest BCUT2D eigenvalue weighted by Crippen LogP contribution is -2.07. The van der Waals surface area contributed by atoms with E-state index in [1.807, 2.05) is 6.92 Å². The molecular weight excluding hydrogens is 317 g/mol. The lowest BCUT2D eigenvalue weighted by atomic mass is 10.3. The molecule has 7 nitrogen and oxygen atoms in total. The standard InChI is InChI=1S/C12H11Cl2N5O2/c1-2-15-11-10(19(20)21)12(17-6-16-11)18-9-4-3-7(13)5-8(9)14/h3-6H,2H2,1H3,(H2,15,16,17,18). The van der Waals surface area contributed by atoms with Gasteiger partial charge < -0.3 is 10.6 Å². The molecule has 9 heteroatoms. The molecule has 1 heterocycles. The van der Waals surface area contributed by atoms with Crippen molar-refractivity contribution in [3.8, 4) is 0 Å². The zero-order valence-corrected chi connectivity index (χ0v) is 12.4. The summed E-state index contributed by atoms with van der Waals surface area (Å²) in [6, 6.07) is 4.76. The van der Waals surface area contributed by atoms with Crippen LogP contribution in [-0.2, 0) is 0 Å². The third-order valence-corrected chi connectivity index (χ3v) is 3.08. The van der Waals surface area contributed by atoms with Gasteiger partial charge in [0.15, 0.2) is 0 Å². The molecule has 1 aromatic carbocycles. The summed E-state index contributed by atoms with van der Waals surface area (Å²) < 4.78 is 0. The number of anilines is 3. The molecular formula is C12H11Cl2N5O2. The quantitative estimate of drug-likeness (QED) is 0.639. The maximum atomic E-state index is 11.2. The average molecular weight is 328 g/mol. The highest BCUT2D eigenvalue weighted by Crippen LogP contribution is 2.34. The predicted molar refractivity (Wildman–Crippen MR) is 82.6 cm³/mol. The van der Waals surface area contributed by atoms with E-state index >= 15 is 0 Å². The maximum Gasteiger partial charge on any atom is 0.353 e. The molecule has 2 rings (SSSR count). The smallest absolute Gasteiger partial charge is 0.353 e. The van der Waals surface area contributed by atoms with Crippen molar-refractivity contribution in [3.63, 3.8) is 0 Å². The summed E-state index contributed by atoms with van der Waals surface area (Å²) in [4.78, 5) is 18.5. The molecule has 21 heavy (non-hydrogen) atoms. The van der Waals surface area contributed by atoms with Crippen LogP contribution in [0.4, 0.5) is 23.0 Å². The summed E-state index contributed by atoms with van der Waals surface area (Å²) >= 11 is 11.8. The molecule has 0 bridgehead atoms. The van der Waals surface area contributed by atoms with Gasteiger partial charge in [-0.1, -0.05) is 23.2 Å². The molecule has 0 unspecified atom stereocenters. The number of nitrogens with zero attached hydrogens (tertiary/aromatic N) is 3. The third kappa shape index (κ3) is 3.50. The first-order valence-corrected chi connectivity index (χ1v) is 6.73. The summed E-state index contributed by atoms with van der Waals surface area (Å²) in [5.74, 6) is 0.195. The van der Waals surface area contributed by atoms with Crippen LogP contribution in [0.3, 0.4) is 0 Å². The van der Waals surface area contributed by atoms with Crippen LogP contribution < -0.4 is 10.6 Å². The summed E-state index contributed by atoms with van der Waals surface area (Å²) in [5, 5.41) is 17.7. The van der Waals surface area contributed by atoms with E-state index in [-0.39, 0.29) is 17.3 Å². The lowest BCUT2D eigenvalue weighted by Gasteiger charge is -2.10. The van der Waals surface area contributed by atoms with Crippen LogP contribution in [0.5, 0.6) is 0 Å². The van der Waals surface area contributed by atoms with Gasteiger partial charge >= 0.3 is 5.69 Å². The van der Waals surface area contributed by atoms with E-state index in [2.05, 4.69) is 20.6 Å². The first-order chi connectivity index (χ1) is 10.0. The molecule has 0 atom stereocenters. The van der Waals surface area contributed by atoms with Crippen LogP contribution in [0, 0.1) is 10.1 Å². The van der Waals surface area contributed by atoms with E-state index in [4.69, 9.17) is 23.2 Å². The number of rotatable bonds is 5. The van der Waals surface area contributed by atoms with Gasteiger partial charge in [0.1, 0.15) is 6.33 Å². The van der Waals surface area contributed by atoms with Gasteiger partial charge in [0.05, 0.1) is 15.6 Å². The summed E-state index contributed by atoms with van der Waals surface area (Å²) in [6.45, 7) is 2.31. The fourth-order valence-corrected chi connectivity index (χ4v) is 2.11. The van der Waals surface area contributed by atoms with Gasteiger partial charge in [0.25, 0.3) is 0 Å². The van der Waals surface area contributed by atoms with Crippen molar-refractivity contribution in [2.45, 2.75) is 6.92 Å². The number of nitrogens with one attached hydrogen (secondary N) is 2. The number of aromatic nitrogens is 2. The van der Waals surface area contributed by atoms with Gasteiger partial charge in [0.2, 0.25) is 11.6 Å². The third-order valence-electron chi connectivity index (χ3n) is 2.53. The Morgan fingerprint density at radius 1 is 1.29 bits per heavy atom. The van der Waals surface area contributed by atoms with E-state index in [1.54, 1.807) is 12.1 Å². The predicted octanol–water partition coefficient (Wildman–Crippen LogP) is 3.87. The lowest BCUT2D eigenvalue weighted by molar-refractivity contribution is -0.383. The monoisotopic (exact) mass is 327 g/mol. The highest BCUT2D eigenvalue weighted by molar-refractivity contribution is 6.36. The molecule has 0 amide bonds. The van der Waals surface area contributed by atoms with E-state index in [9.17, 15) is 10.1 Å². The number of hydrogen-bond acceptors (Lipinski definition) is 6. The Morgan fingerprint density at radius 3 is 2.62 bits per heavy atom. The second kappa shape index (κ2) is 6.55. The molecule has 2 aromatic rings. The number of benzene rings is 1. The molecule has 0 aliphatic carbocycles. The van der Waals surface area contributed by atoms with Crippen LogP contribution in [-0.4, -0.2) is 21.4 Å². The van der Waals surface area contributed by atoms with Gasteiger partial charge in [-0.2, -0.15) is 0 Å². The summed E-state index contributed by atoms with van der Waals surface area (Å²) in [5.41, 5.74) is 0.218. The number of hydrogen-bond donors (Lipinski definition) is 2. The van der Waals surface area contributed by atoms with Crippen LogP contribution in [0.15, 0.2) is 24.5 Å². The molecule has 2 N–H and O–H groups in total. The van der Waals surface area contributed by atoms with Crippen LogP contribution >= 0.6 is 23.2 Å².